The van der Waals surface area contributed by atoms with Crippen LogP contribution in [0.2, 0.25) is 0 Å². The molecule has 1 heterocycles. The van der Waals surface area contributed by atoms with Crippen molar-refractivity contribution in [1.82, 2.24) is 15.1 Å². The Morgan fingerprint density at radius 2 is 1.59 bits per heavy atom. The van der Waals surface area contributed by atoms with Gasteiger partial charge in [0.05, 0.1) is 0 Å². The van der Waals surface area contributed by atoms with Gasteiger partial charge in [0, 0.05) is 39.1 Å². The number of aryl methyl sites for hydroxylation is 2. The molecule has 0 saturated carbocycles. The van der Waals surface area contributed by atoms with E-state index in [1.165, 1.54) is 11.1 Å². The fourth-order valence-electron chi connectivity index (χ4n) is 3.63. The zero-order valence-corrected chi connectivity index (χ0v) is 17.4. The lowest BCUT2D eigenvalue weighted by Gasteiger charge is -2.36. The minimum absolute atomic E-state index is 0.00745. The molecule has 1 aliphatic heterocycles. The second kappa shape index (κ2) is 10.2. The van der Waals surface area contributed by atoms with E-state index < -0.39 is 6.04 Å². The van der Waals surface area contributed by atoms with Gasteiger partial charge in [-0.2, -0.15) is 0 Å². The zero-order valence-electron chi connectivity index (χ0n) is 17.4. The fourth-order valence-corrected chi connectivity index (χ4v) is 3.63. The third kappa shape index (κ3) is 6.43. The summed E-state index contributed by atoms with van der Waals surface area (Å²) in [5.74, 6) is -0.0674. The second-order valence-corrected chi connectivity index (χ2v) is 7.86. The second-order valence-electron chi connectivity index (χ2n) is 7.86. The quantitative estimate of drug-likeness (QED) is 0.787. The Balaban J connectivity index is 1.39. The van der Waals surface area contributed by atoms with Crippen molar-refractivity contribution in [3.05, 3.63) is 71.3 Å². The third-order valence-corrected chi connectivity index (χ3v) is 5.44. The van der Waals surface area contributed by atoms with Crippen LogP contribution in [0.3, 0.4) is 0 Å². The number of hydrogen-bond acceptors (Lipinski definition) is 3. The molecule has 0 radical (unpaired) electrons. The molecule has 2 aromatic carbocycles. The summed E-state index contributed by atoms with van der Waals surface area (Å²) in [6.45, 7) is 7.86. The molecule has 0 aromatic heterocycles. The van der Waals surface area contributed by atoms with Crippen molar-refractivity contribution >= 4 is 11.8 Å². The van der Waals surface area contributed by atoms with Crippen LogP contribution in [0.15, 0.2) is 54.6 Å². The van der Waals surface area contributed by atoms with Crippen molar-refractivity contribution in [1.29, 1.82) is 0 Å². The average Bonchev–Trinajstić information content (AvgIpc) is 2.74. The number of hydrogen-bond donors (Lipinski definition) is 1. The topological polar surface area (TPSA) is 52.7 Å². The van der Waals surface area contributed by atoms with Crippen molar-refractivity contribution in [2.75, 3.05) is 26.2 Å². The molecular weight excluding hydrogens is 362 g/mol. The Bertz CT molecular complexity index is 797. The van der Waals surface area contributed by atoms with Crippen LogP contribution < -0.4 is 5.32 Å². The predicted octanol–water partition coefficient (Wildman–Crippen LogP) is 2.78. The van der Waals surface area contributed by atoms with Gasteiger partial charge in [-0.05, 0) is 31.4 Å². The van der Waals surface area contributed by atoms with E-state index in [0.717, 1.165) is 25.2 Å². The van der Waals surface area contributed by atoms with E-state index in [4.69, 9.17) is 0 Å². The van der Waals surface area contributed by atoms with Gasteiger partial charge in [0.1, 0.15) is 6.04 Å². The molecule has 29 heavy (non-hydrogen) atoms. The lowest BCUT2D eigenvalue weighted by Crippen LogP contribution is -2.53. The first-order chi connectivity index (χ1) is 14.0. The van der Waals surface area contributed by atoms with Gasteiger partial charge in [-0.25, -0.2) is 0 Å². The Kier molecular flexibility index (Phi) is 7.42. The predicted molar refractivity (Wildman–Crippen MR) is 115 cm³/mol. The first kappa shape index (κ1) is 21.1. The molecule has 0 aliphatic carbocycles. The summed E-state index contributed by atoms with van der Waals surface area (Å²) in [5.41, 5.74) is 3.64. The molecule has 0 spiro atoms. The standard InChI is InChI=1S/C24H31N3O2/c1-19-8-10-21(11-9-19)12-13-23(28)25-20(2)24(29)27-16-14-26(15-17-27)18-22-6-4-3-5-7-22/h3-11,20H,12-18H2,1-2H3,(H,25,28)/t20-/m0/s1. The number of nitrogens with zero attached hydrogens (tertiary/aromatic N) is 2. The maximum absolute atomic E-state index is 12.7. The molecule has 5 heteroatoms. The summed E-state index contributed by atoms with van der Waals surface area (Å²) in [6, 6.07) is 18.1. The molecule has 0 unspecified atom stereocenters. The van der Waals surface area contributed by atoms with Gasteiger partial charge in [-0.3, -0.25) is 14.5 Å². The summed E-state index contributed by atoms with van der Waals surface area (Å²) in [6.07, 6.45) is 1.08. The van der Waals surface area contributed by atoms with Crippen LogP contribution in [0.25, 0.3) is 0 Å². The largest absolute Gasteiger partial charge is 0.345 e. The maximum Gasteiger partial charge on any atom is 0.244 e. The zero-order chi connectivity index (χ0) is 20.6. The first-order valence-electron chi connectivity index (χ1n) is 10.4. The van der Waals surface area contributed by atoms with Crippen LogP contribution in [0.1, 0.15) is 30.0 Å². The van der Waals surface area contributed by atoms with Crippen molar-refractivity contribution < 1.29 is 9.59 Å². The lowest BCUT2D eigenvalue weighted by atomic mass is 10.1. The van der Waals surface area contributed by atoms with E-state index in [-0.39, 0.29) is 11.8 Å². The minimum atomic E-state index is -0.485. The number of benzene rings is 2. The molecule has 1 N–H and O–H groups in total. The molecule has 0 bridgehead atoms. The van der Waals surface area contributed by atoms with Gasteiger partial charge in [0.25, 0.3) is 0 Å². The maximum atomic E-state index is 12.7. The van der Waals surface area contributed by atoms with Gasteiger partial charge < -0.3 is 10.2 Å². The molecule has 1 saturated heterocycles. The SMILES string of the molecule is Cc1ccc(CCC(=O)N[C@@H](C)C(=O)N2CCN(Cc3ccccc3)CC2)cc1. The molecule has 1 aliphatic rings. The molecule has 2 amide bonds. The summed E-state index contributed by atoms with van der Waals surface area (Å²) in [7, 11) is 0. The fraction of sp³-hybridized carbons (Fsp3) is 0.417. The van der Waals surface area contributed by atoms with E-state index in [2.05, 4.69) is 46.6 Å². The van der Waals surface area contributed by atoms with Crippen LogP contribution in [-0.2, 0) is 22.6 Å². The Morgan fingerprint density at radius 3 is 2.24 bits per heavy atom. The molecule has 1 fully saturated rings. The Labute approximate surface area is 173 Å². The van der Waals surface area contributed by atoms with Crippen molar-refractivity contribution in [2.24, 2.45) is 0 Å². The summed E-state index contributed by atoms with van der Waals surface area (Å²) < 4.78 is 0. The molecular formula is C24H31N3O2. The number of nitrogens with one attached hydrogen (secondary N) is 1. The molecule has 5 nitrogen and oxygen atoms in total. The van der Waals surface area contributed by atoms with Crippen LogP contribution in [-0.4, -0.2) is 53.8 Å². The van der Waals surface area contributed by atoms with Crippen molar-refractivity contribution in [3.8, 4) is 0 Å². The van der Waals surface area contributed by atoms with Gasteiger partial charge in [-0.15, -0.1) is 0 Å². The molecule has 3 rings (SSSR count). The van der Waals surface area contributed by atoms with E-state index >= 15 is 0 Å². The van der Waals surface area contributed by atoms with Crippen LogP contribution in [0, 0.1) is 6.92 Å². The number of piperazine rings is 1. The highest BCUT2D eigenvalue weighted by Crippen LogP contribution is 2.10. The number of amides is 2. The molecule has 2 aromatic rings. The van der Waals surface area contributed by atoms with Crippen molar-refractivity contribution in [2.45, 2.75) is 39.3 Å². The molecule has 1 atom stereocenters. The van der Waals surface area contributed by atoms with E-state index in [1.54, 1.807) is 6.92 Å². The molecule has 154 valence electrons. The van der Waals surface area contributed by atoms with E-state index in [0.29, 0.717) is 25.9 Å². The van der Waals surface area contributed by atoms with Gasteiger partial charge >= 0.3 is 0 Å². The lowest BCUT2D eigenvalue weighted by molar-refractivity contribution is -0.137. The van der Waals surface area contributed by atoms with E-state index in [1.807, 2.05) is 30.0 Å². The van der Waals surface area contributed by atoms with Gasteiger partial charge in [0.2, 0.25) is 11.8 Å². The average molecular weight is 394 g/mol. The third-order valence-electron chi connectivity index (χ3n) is 5.44. The Morgan fingerprint density at radius 1 is 0.931 bits per heavy atom. The number of carbonyl (C=O) groups is 2. The van der Waals surface area contributed by atoms with Crippen LogP contribution in [0.4, 0.5) is 0 Å². The smallest absolute Gasteiger partial charge is 0.244 e. The number of rotatable bonds is 7. The normalized spacial score (nSPS) is 15.7. The summed E-state index contributed by atoms with van der Waals surface area (Å²) >= 11 is 0. The van der Waals surface area contributed by atoms with E-state index in [9.17, 15) is 9.59 Å². The van der Waals surface area contributed by atoms with Crippen molar-refractivity contribution in [3.63, 3.8) is 0 Å². The minimum Gasteiger partial charge on any atom is -0.345 e. The van der Waals surface area contributed by atoms with Crippen LogP contribution >= 0.6 is 0 Å². The van der Waals surface area contributed by atoms with Gasteiger partial charge in [0.15, 0.2) is 0 Å². The monoisotopic (exact) mass is 393 g/mol. The number of carbonyl (C=O) groups excluding carboxylic acids is 2. The summed E-state index contributed by atoms with van der Waals surface area (Å²) in [5, 5.41) is 2.87. The Hall–Kier alpha value is -2.66. The van der Waals surface area contributed by atoms with Gasteiger partial charge in [-0.1, -0.05) is 60.2 Å². The first-order valence-corrected chi connectivity index (χ1v) is 10.4. The highest BCUT2D eigenvalue weighted by molar-refractivity contribution is 5.87. The van der Waals surface area contributed by atoms with Crippen LogP contribution in [0.5, 0.6) is 0 Å². The highest BCUT2D eigenvalue weighted by Gasteiger charge is 2.25. The highest BCUT2D eigenvalue weighted by atomic mass is 16.2. The summed E-state index contributed by atoms with van der Waals surface area (Å²) in [4.78, 5) is 29.2.